The normalized spacial score (nSPS) is 51.2. The summed E-state index contributed by atoms with van der Waals surface area (Å²) in [7, 11) is 0. The van der Waals surface area contributed by atoms with Crippen molar-refractivity contribution in [3.05, 3.63) is 0 Å². The van der Waals surface area contributed by atoms with Crippen molar-refractivity contribution in [3.8, 4) is 0 Å². The molecule has 0 aromatic heterocycles. The summed E-state index contributed by atoms with van der Waals surface area (Å²) in [6.45, 7) is 0. The average molecular weight is 303 g/mol. The van der Waals surface area contributed by atoms with Gasteiger partial charge in [-0.15, -0.1) is 23.2 Å². The van der Waals surface area contributed by atoms with Gasteiger partial charge in [-0.3, -0.25) is 0 Å². The van der Waals surface area contributed by atoms with E-state index < -0.39 is 13.5 Å². The molecule has 76 valence electrons. The van der Waals surface area contributed by atoms with E-state index in [9.17, 15) is 0 Å². The molecule has 0 heterocycles. The van der Waals surface area contributed by atoms with E-state index in [1.165, 1.54) is 0 Å². The van der Waals surface area contributed by atoms with Crippen LogP contribution in [0.15, 0.2) is 0 Å². The summed E-state index contributed by atoms with van der Waals surface area (Å²) in [5.74, 6) is 0.101. The summed E-state index contributed by atoms with van der Waals surface area (Å²) >= 11 is 36.6. The summed E-state index contributed by atoms with van der Waals surface area (Å²) in [4.78, 5) is -1.02. The molecule has 0 amide bonds. The largest absolute Gasteiger partial charge is 0.156 e. The Balaban J connectivity index is 2.47. The number of hydrogen-bond acceptors (Lipinski definition) is 0. The van der Waals surface area contributed by atoms with Gasteiger partial charge in [-0.25, -0.2) is 0 Å². The minimum Gasteiger partial charge on any atom is -0.119 e. The molecular formula is C7H6Cl6. The lowest BCUT2D eigenvalue weighted by Crippen LogP contribution is -2.54. The van der Waals surface area contributed by atoms with Crippen molar-refractivity contribution in [2.45, 2.75) is 31.8 Å². The highest BCUT2D eigenvalue weighted by atomic mass is 35.5. The van der Waals surface area contributed by atoms with Gasteiger partial charge in [-0.1, -0.05) is 46.4 Å². The minimum atomic E-state index is -1.25. The third-order valence-corrected chi connectivity index (χ3v) is 7.07. The Kier molecular flexibility index (Phi) is 2.50. The molecule has 2 aliphatic rings. The van der Waals surface area contributed by atoms with E-state index in [0.717, 1.165) is 0 Å². The van der Waals surface area contributed by atoms with Crippen LogP contribution in [0, 0.1) is 5.92 Å². The van der Waals surface area contributed by atoms with Gasteiger partial charge in [0.1, 0.15) is 9.21 Å². The van der Waals surface area contributed by atoms with Gasteiger partial charge < -0.3 is 0 Å². The van der Waals surface area contributed by atoms with Crippen LogP contribution in [-0.2, 0) is 0 Å². The summed E-state index contributed by atoms with van der Waals surface area (Å²) in [6.07, 6.45) is 1.12. The fraction of sp³-hybridized carbons (Fsp3) is 1.00. The topological polar surface area (TPSA) is 0 Å². The van der Waals surface area contributed by atoms with Crippen molar-refractivity contribution in [2.75, 3.05) is 0 Å². The van der Waals surface area contributed by atoms with E-state index in [1.807, 2.05) is 0 Å². The summed E-state index contributed by atoms with van der Waals surface area (Å²) in [6, 6.07) is 0. The highest BCUT2D eigenvalue weighted by Gasteiger charge is 2.75. The molecule has 0 N–H and O–H groups in total. The van der Waals surface area contributed by atoms with Crippen molar-refractivity contribution in [3.63, 3.8) is 0 Å². The maximum absolute atomic E-state index is 6.26. The molecule has 3 atom stereocenters. The minimum absolute atomic E-state index is 0.101. The van der Waals surface area contributed by atoms with E-state index in [0.29, 0.717) is 12.8 Å². The zero-order valence-corrected chi connectivity index (χ0v) is 10.9. The first-order valence-corrected chi connectivity index (χ1v) is 6.13. The van der Waals surface area contributed by atoms with Gasteiger partial charge in [-0.2, -0.15) is 0 Å². The Bertz CT molecular complexity index is 249. The molecule has 0 saturated heterocycles. The molecule has 3 unspecified atom stereocenters. The van der Waals surface area contributed by atoms with Crippen LogP contribution in [0.1, 0.15) is 12.8 Å². The number of rotatable bonds is 0. The maximum atomic E-state index is 6.26. The Labute approximate surface area is 107 Å². The lowest BCUT2D eigenvalue weighted by atomic mass is 9.97. The molecule has 0 aromatic rings. The summed E-state index contributed by atoms with van der Waals surface area (Å²) in [5.41, 5.74) is 0. The Morgan fingerprint density at radius 1 is 0.923 bits per heavy atom. The lowest BCUT2D eigenvalue weighted by molar-refractivity contribution is 0.458. The molecule has 0 aromatic carbocycles. The first-order chi connectivity index (χ1) is 5.72. The van der Waals surface area contributed by atoms with Crippen LogP contribution in [0.25, 0.3) is 0 Å². The van der Waals surface area contributed by atoms with Crippen LogP contribution < -0.4 is 0 Å². The second-order valence-corrected chi connectivity index (χ2v) is 7.68. The van der Waals surface area contributed by atoms with Crippen LogP contribution in [0.4, 0.5) is 0 Å². The van der Waals surface area contributed by atoms with Crippen molar-refractivity contribution >= 4 is 69.6 Å². The molecule has 2 aliphatic carbocycles. The third-order valence-electron chi connectivity index (χ3n) is 2.93. The predicted octanol–water partition coefficient (Wildman–Crippen LogP) is 4.34. The van der Waals surface area contributed by atoms with Gasteiger partial charge in [-0.05, 0) is 18.8 Å². The maximum Gasteiger partial charge on any atom is 0.156 e. The van der Waals surface area contributed by atoms with E-state index in [2.05, 4.69) is 0 Å². The molecule has 0 aliphatic heterocycles. The average Bonchev–Trinajstić information content (AvgIpc) is 2.29. The summed E-state index contributed by atoms with van der Waals surface area (Å²) in [5, 5.41) is -0.376. The van der Waals surface area contributed by atoms with Gasteiger partial charge in [0.25, 0.3) is 0 Å². The van der Waals surface area contributed by atoms with Gasteiger partial charge >= 0.3 is 0 Å². The molecule has 6 heteroatoms. The summed E-state index contributed by atoms with van der Waals surface area (Å²) < 4.78 is -2.32. The highest BCUT2D eigenvalue weighted by molar-refractivity contribution is 6.63. The van der Waals surface area contributed by atoms with Crippen LogP contribution in [0.5, 0.6) is 0 Å². The second kappa shape index (κ2) is 2.90. The van der Waals surface area contributed by atoms with Gasteiger partial charge in [0.05, 0.1) is 5.38 Å². The van der Waals surface area contributed by atoms with Crippen molar-refractivity contribution in [2.24, 2.45) is 5.92 Å². The quantitative estimate of drug-likeness (QED) is 0.584. The number of halogens is 6. The molecule has 0 spiro atoms. The van der Waals surface area contributed by atoms with Crippen molar-refractivity contribution in [1.29, 1.82) is 0 Å². The van der Waals surface area contributed by atoms with E-state index >= 15 is 0 Å². The van der Waals surface area contributed by atoms with Gasteiger partial charge in [0, 0.05) is 0 Å². The molecule has 13 heavy (non-hydrogen) atoms. The number of fused-ring (bicyclic) bond motifs is 2. The van der Waals surface area contributed by atoms with Crippen LogP contribution in [0.2, 0.25) is 0 Å². The van der Waals surface area contributed by atoms with Gasteiger partial charge in [0.2, 0.25) is 0 Å². The zero-order chi connectivity index (χ0) is 10.1. The monoisotopic (exact) mass is 300 g/mol. The molecule has 0 nitrogen and oxygen atoms in total. The first-order valence-electron chi connectivity index (χ1n) is 3.81. The molecule has 2 rings (SSSR count). The van der Waals surface area contributed by atoms with E-state index in [4.69, 9.17) is 69.6 Å². The lowest BCUT2D eigenvalue weighted by Gasteiger charge is -2.43. The molecular weight excluding hydrogens is 297 g/mol. The zero-order valence-electron chi connectivity index (χ0n) is 6.34. The SMILES string of the molecule is ClC1C2CC(Cl)(Cl)C(Cl)(C2)C1(Cl)Cl. The highest BCUT2D eigenvalue weighted by Crippen LogP contribution is 2.70. The standard InChI is InChI=1S/C7H6Cl6/c8-4-3-1-5(9,7(4,12)13)6(10,11)2-3/h3-4H,1-2H2. The van der Waals surface area contributed by atoms with Gasteiger partial charge in [0.15, 0.2) is 4.33 Å². The Morgan fingerprint density at radius 2 is 1.46 bits per heavy atom. The predicted molar refractivity (Wildman–Crippen MR) is 59.8 cm³/mol. The van der Waals surface area contributed by atoms with Crippen LogP contribution >= 0.6 is 69.6 Å². The van der Waals surface area contributed by atoms with Crippen LogP contribution in [0.3, 0.4) is 0 Å². The first kappa shape index (κ1) is 11.2. The fourth-order valence-electron chi connectivity index (χ4n) is 2.18. The van der Waals surface area contributed by atoms with E-state index in [-0.39, 0.29) is 11.3 Å². The van der Waals surface area contributed by atoms with Crippen molar-refractivity contribution in [1.82, 2.24) is 0 Å². The molecule has 2 fully saturated rings. The van der Waals surface area contributed by atoms with Crippen molar-refractivity contribution < 1.29 is 0 Å². The Morgan fingerprint density at radius 3 is 1.77 bits per heavy atom. The van der Waals surface area contributed by atoms with Crippen LogP contribution in [-0.4, -0.2) is 18.9 Å². The number of hydrogen-bond donors (Lipinski definition) is 0. The number of alkyl halides is 6. The smallest absolute Gasteiger partial charge is 0.119 e. The third kappa shape index (κ3) is 1.20. The molecule has 2 bridgehead atoms. The molecule has 2 saturated carbocycles. The molecule has 0 radical (unpaired) electrons. The fourth-order valence-corrected chi connectivity index (χ4v) is 4.86. The Hall–Kier alpha value is 1.74. The second-order valence-electron chi connectivity index (χ2n) is 3.70. The van der Waals surface area contributed by atoms with E-state index in [1.54, 1.807) is 0 Å².